The molecule has 1 heterocycles. The monoisotopic (exact) mass is 318 g/mol. The third-order valence-corrected chi connectivity index (χ3v) is 3.89. The maximum atomic E-state index is 12.6. The highest BCUT2D eigenvalue weighted by atomic mass is 16.5. The molecule has 0 unspecified atom stereocenters. The number of para-hydroxylation sites is 1. The van der Waals surface area contributed by atoms with E-state index in [1.54, 1.807) is 11.8 Å². The fraction of sp³-hybridized carbons (Fsp3) is 0.556. The van der Waals surface area contributed by atoms with E-state index in [0.29, 0.717) is 37.7 Å². The Hall–Kier alpha value is -2.04. The van der Waals surface area contributed by atoms with Gasteiger partial charge in [0.2, 0.25) is 5.91 Å². The summed E-state index contributed by atoms with van der Waals surface area (Å²) in [6, 6.07) is 9.32. The Morgan fingerprint density at radius 3 is 2.48 bits per heavy atom. The van der Waals surface area contributed by atoms with Crippen LogP contribution in [0.25, 0.3) is 0 Å². The van der Waals surface area contributed by atoms with Crippen molar-refractivity contribution in [1.29, 1.82) is 0 Å². The highest BCUT2D eigenvalue weighted by molar-refractivity contribution is 5.83. The predicted molar refractivity (Wildman–Crippen MR) is 89.1 cm³/mol. The van der Waals surface area contributed by atoms with Gasteiger partial charge in [0.15, 0.2) is 6.10 Å². The molecule has 2 rings (SSSR count). The van der Waals surface area contributed by atoms with Crippen molar-refractivity contribution in [2.45, 2.75) is 33.3 Å². The standard InChI is InChI=1S/C18H26N2O3/c1-14(2)13-20-12-11-19(10-9-17(20)21)18(22)15(3)23-16-7-5-4-6-8-16/h4-8,14-15H,9-13H2,1-3H3/t15-/m0/s1. The molecule has 1 aromatic rings. The predicted octanol–water partition coefficient (Wildman–Crippen LogP) is 2.17. The number of amides is 2. The third kappa shape index (κ3) is 4.98. The number of benzene rings is 1. The van der Waals surface area contributed by atoms with Crippen LogP contribution in [0.4, 0.5) is 0 Å². The molecular formula is C18H26N2O3. The molecule has 1 aliphatic heterocycles. The summed E-state index contributed by atoms with van der Waals surface area (Å²) in [6.07, 6.45) is -0.166. The lowest BCUT2D eigenvalue weighted by molar-refractivity contribution is -0.137. The summed E-state index contributed by atoms with van der Waals surface area (Å²) in [5, 5.41) is 0. The van der Waals surface area contributed by atoms with Gasteiger partial charge in [0.1, 0.15) is 5.75 Å². The highest BCUT2D eigenvalue weighted by Crippen LogP contribution is 2.14. The molecule has 1 aliphatic rings. The molecule has 5 heteroatoms. The van der Waals surface area contributed by atoms with Gasteiger partial charge in [0.05, 0.1) is 0 Å². The number of hydrogen-bond donors (Lipinski definition) is 0. The van der Waals surface area contributed by atoms with E-state index in [9.17, 15) is 9.59 Å². The summed E-state index contributed by atoms with van der Waals surface area (Å²) in [4.78, 5) is 28.3. The second kappa shape index (κ2) is 7.99. The molecule has 0 radical (unpaired) electrons. The molecule has 1 aromatic carbocycles. The number of carbonyl (C=O) groups is 2. The van der Waals surface area contributed by atoms with Crippen LogP contribution in [0.3, 0.4) is 0 Å². The average Bonchev–Trinajstić information content (AvgIpc) is 2.70. The van der Waals surface area contributed by atoms with Crippen LogP contribution in [0.5, 0.6) is 5.75 Å². The molecule has 0 bridgehead atoms. The van der Waals surface area contributed by atoms with Crippen LogP contribution >= 0.6 is 0 Å². The van der Waals surface area contributed by atoms with Crippen molar-refractivity contribution >= 4 is 11.8 Å². The van der Waals surface area contributed by atoms with Crippen molar-refractivity contribution < 1.29 is 14.3 Å². The molecule has 1 saturated heterocycles. The van der Waals surface area contributed by atoms with Crippen molar-refractivity contribution in [3.63, 3.8) is 0 Å². The van der Waals surface area contributed by atoms with Crippen molar-refractivity contribution in [2.24, 2.45) is 5.92 Å². The zero-order valence-corrected chi connectivity index (χ0v) is 14.2. The fourth-order valence-electron chi connectivity index (χ4n) is 2.73. The normalized spacial score (nSPS) is 17.1. The van der Waals surface area contributed by atoms with Gasteiger partial charge >= 0.3 is 0 Å². The van der Waals surface area contributed by atoms with Gasteiger partial charge in [-0.25, -0.2) is 0 Å². The van der Waals surface area contributed by atoms with Crippen LogP contribution in [0, 0.1) is 5.92 Å². The van der Waals surface area contributed by atoms with Crippen molar-refractivity contribution in [3.8, 4) is 5.75 Å². The van der Waals surface area contributed by atoms with Crippen molar-refractivity contribution in [1.82, 2.24) is 9.80 Å². The Morgan fingerprint density at radius 1 is 1.13 bits per heavy atom. The number of nitrogens with zero attached hydrogens (tertiary/aromatic N) is 2. The van der Waals surface area contributed by atoms with Crippen LogP contribution in [0.15, 0.2) is 30.3 Å². The van der Waals surface area contributed by atoms with Gasteiger partial charge in [-0.05, 0) is 25.0 Å². The lowest BCUT2D eigenvalue weighted by Gasteiger charge is -2.25. The van der Waals surface area contributed by atoms with E-state index >= 15 is 0 Å². The SMILES string of the molecule is CC(C)CN1CCN(C(=O)[C@H](C)Oc2ccccc2)CCC1=O. The first kappa shape index (κ1) is 17.3. The minimum absolute atomic E-state index is 0.0620. The lowest BCUT2D eigenvalue weighted by atomic mass is 10.2. The van der Waals surface area contributed by atoms with Crippen molar-refractivity contribution in [2.75, 3.05) is 26.2 Å². The van der Waals surface area contributed by atoms with Gasteiger partial charge in [-0.3, -0.25) is 9.59 Å². The van der Waals surface area contributed by atoms with Crippen LogP contribution in [-0.4, -0.2) is 53.9 Å². The first-order valence-electron chi connectivity index (χ1n) is 8.25. The van der Waals surface area contributed by atoms with E-state index < -0.39 is 6.10 Å². The van der Waals surface area contributed by atoms with E-state index in [4.69, 9.17) is 4.74 Å². The molecule has 126 valence electrons. The fourth-order valence-corrected chi connectivity index (χ4v) is 2.73. The third-order valence-electron chi connectivity index (χ3n) is 3.89. The Bertz CT molecular complexity index is 530. The average molecular weight is 318 g/mol. The van der Waals surface area contributed by atoms with Crippen LogP contribution in [0.1, 0.15) is 27.2 Å². The maximum Gasteiger partial charge on any atom is 0.263 e. The summed E-state index contributed by atoms with van der Waals surface area (Å²) in [5.41, 5.74) is 0. The van der Waals surface area contributed by atoms with E-state index in [1.165, 1.54) is 0 Å². The Morgan fingerprint density at radius 2 is 1.83 bits per heavy atom. The van der Waals surface area contributed by atoms with Gasteiger partial charge in [0, 0.05) is 32.6 Å². The molecule has 0 spiro atoms. The van der Waals surface area contributed by atoms with E-state index in [2.05, 4.69) is 13.8 Å². The maximum absolute atomic E-state index is 12.6. The second-order valence-electron chi connectivity index (χ2n) is 6.38. The molecule has 0 saturated carbocycles. The number of rotatable bonds is 5. The Labute approximate surface area is 138 Å². The molecule has 0 N–H and O–H groups in total. The first-order chi connectivity index (χ1) is 11.0. The van der Waals surface area contributed by atoms with Gasteiger partial charge in [-0.2, -0.15) is 0 Å². The molecule has 1 atom stereocenters. The molecule has 0 aromatic heterocycles. The summed E-state index contributed by atoms with van der Waals surface area (Å²) < 4.78 is 5.70. The molecule has 23 heavy (non-hydrogen) atoms. The number of carbonyl (C=O) groups excluding carboxylic acids is 2. The van der Waals surface area contributed by atoms with Crippen LogP contribution in [-0.2, 0) is 9.59 Å². The summed E-state index contributed by atoms with van der Waals surface area (Å²) in [7, 11) is 0. The Kier molecular flexibility index (Phi) is 6.02. The first-order valence-corrected chi connectivity index (χ1v) is 8.25. The quantitative estimate of drug-likeness (QED) is 0.836. The van der Waals surface area contributed by atoms with Crippen LogP contribution < -0.4 is 4.74 Å². The van der Waals surface area contributed by atoms with Gasteiger partial charge in [-0.1, -0.05) is 32.0 Å². The smallest absolute Gasteiger partial charge is 0.263 e. The van der Waals surface area contributed by atoms with E-state index in [1.807, 2.05) is 35.2 Å². The summed E-state index contributed by atoms with van der Waals surface area (Å²) >= 11 is 0. The molecular weight excluding hydrogens is 292 g/mol. The highest BCUT2D eigenvalue weighted by Gasteiger charge is 2.27. The topological polar surface area (TPSA) is 49.9 Å². The van der Waals surface area contributed by atoms with Crippen LogP contribution in [0.2, 0.25) is 0 Å². The number of ether oxygens (including phenoxy) is 1. The molecule has 2 amide bonds. The van der Waals surface area contributed by atoms with Gasteiger partial charge in [0.25, 0.3) is 5.91 Å². The van der Waals surface area contributed by atoms with E-state index in [0.717, 1.165) is 6.54 Å². The van der Waals surface area contributed by atoms with Gasteiger partial charge < -0.3 is 14.5 Å². The summed E-state index contributed by atoms with van der Waals surface area (Å²) in [6.45, 7) is 8.33. The van der Waals surface area contributed by atoms with Gasteiger partial charge in [-0.15, -0.1) is 0 Å². The van der Waals surface area contributed by atoms with E-state index in [-0.39, 0.29) is 11.8 Å². The Balaban J connectivity index is 1.93. The summed E-state index contributed by atoms with van der Waals surface area (Å²) in [5.74, 6) is 1.18. The zero-order chi connectivity index (χ0) is 16.8. The zero-order valence-electron chi connectivity index (χ0n) is 14.2. The molecule has 0 aliphatic carbocycles. The largest absolute Gasteiger partial charge is 0.481 e. The number of hydrogen-bond acceptors (Lipinski definition) is 3. The molecule has 5 nitrogen and oxygen atoms in total. The minimum Gasteiger partial charge on any atom is -0.481 e. The lowest BCUT2D eigenvalue weighted by Crippen LogP contribution is -2.42. The van der Waals surface area contributed by atoms with Crippen molar-refractivity contribution in [3.05, 3.63) is 30.3 Å². The second-order valence-corrected chi connectivity index (χ2v) is 6.38. The minimum atomic E-state index is -0.552. The molecule has 1 fully saturated rings.